The van der Waals surface area contributed by atoms with Crippen LogP contribution in [-0.2, 0) is 16.6 Å². The largest absolute Gasteiger partial charge is 0.497 e. The normalized spacial score (nSPS) is 15.6. The fourth-order valence-corrected chi connectivity index (χ4v) is 5.80. The summed E-state index contributed by atoms with van der Waals surface area (Å²) in [6, 6.07) is 18.8. The molecule has 8 nitrogen and oxygen atoms in total. The molecule has 176 valence electrons. The lowest BCUT2D eigenvalue weighted by Crippen LogP contribution is -2.48. The van der Waals surface area contributed by atoms with Crippen molar-refractivity contribution in [3.63, 3.8) is 0 Å². The molecule has 0 aliphatic carbocycles. The number of benzene rings is 2. The molecule has 0 saturated carbocycles. The Bertz CT molecular complexity index is 1430. The number of hydrogen-bond donors (Lipinski definition) is 0. The van der Waals surface area contributed by atoms with Gasteiger partial charge in [-0.25, -0.2) is 18.4 Å². The highest BCUT2D eigenvalue weighted by Crippen LogP contribution is 2.24. The van der Waals surface area contributed by atoms with E-state index >= 15 is 0 Å². The highest BCUT2D eigenvalue weighted by Gasteiger charge is 2.29. The first kappa shape index (κ1) is 22.5. The molecule has 0 radical (unpaired) electrons. The van der Waals surface area contributed by atoms with Gasteiger partial charge in [-0.15, -0.1) is 0 Å². The van der Waals surface area contributed by atoms with Crippen molar-refractivity contribution in [3.8, 4) is 11.4 Å². The highest BCUT2D eigenvalue weighted by molar-refractivity contribution is 7.89. The van der Waals surface area contributed by atoms with Crippen LogP contribution in [0.2, 0.25) is 0 Å². The van der Waals surface area contributed by atoms with E-state index in [1.165, 1.54) is 7.11 Å². The van der Waals surface area contributed by atoms with Gasteiger partial charge in [0, 0.05) is 44.1 Å². The quantitative estimate of drug-likeness (QED) is 0.424. The molecular weight excluding hydrogens is 450 g/mol. The molecule has 3 heterocycles. The number of rotatable bonds is 6. The number of piperazine rings is 1. The van der Waals surface area contributed by atoms with Gasteiger partial charge in [-0.1, -0.05) is 18.2 Å². The number of pyridine rings is 1. The first-order valence-electron chi connectivity index (χ1n) is 11.2. The third-order valence-electron chi connectivity index (χ3n) is 6.12. The number of aryl methyl sites for hydroxylation is 1. The molecule has 0 unspecified atom stereocenters. The van der Waals surface area contributed by atoms with Gasteiger partial charge in [-0.2, -0.15) is 4.31 Å². The van der Waals surface area contributed by atoms with E-state index in [1.54, 1.807) is 34.8 Å². The van der Waals surface area contributed by atoms with Gasteiger partial charge in [-0.3, -0.25) is 9.47 Å². The predicted molar refractivity (Wildman–Crippen MR) is 131 cm³/mol. The maximum atomic E-state index is 13.1. The van der Waals surface area contributed by atoms with Gasteiger partial charge in [0.1, 0.15) is 17.1 Å². The van der Waals surface area contributed by atoms with Crippen LogP contribution in [0.25, 0.3) is 16.9 Å². The molecule has 0 bridgehead atoms. The second-order valence-corrected chi connectivity index (χ2v) is 10.3. The standard InChI is InChI=1S/C25H27N5O3S/c1-19-6-3-7-20(16-19)30-24(27-23-10-5-11-26-25(23)30)18-28-12-14-29(15-13-28)34(31,32)22-9-4-8-21(17-22)33-2/h3-11,16-17H,12-15,18H2,1-2H3. The van der Waals surface area contributed by atoms with E-state index in [4.69, 9.17) is 9.72 Å². The Morgan fingerprint density at radius 2 is 1.76 bits per heavy atom. The maximum Gasteiger partial charge on any atom is 0.243 e. The van der Waals surface area contributed by atoms with Crippen molar-refractivity contribution in [2.45, 2.75) is 18.4 Å². The molecule has 0 spiro atoms. The van der Waals surface area contributed by atoms with Gasteiger partial charge in [0.25, 0.3) is 0 Å². The van der Waals surface area contributed by atoms with Crippen LogP contribution in [0.5, 0.6) is 5.75 Å². The van der Waals surface area contributed by atoms with Gasteiger partial charge < -0.3 is 4.74 Å². The molecule has 1 fully saturated rings. The summed E-state index contributed by atoms with van der Waals surface area (Å²) in [4.78, 5) is 11.9. The molecule has 0 amide bonds. The van der Waals surface area contributed by atoms with E-state index in [2.05, 4.69) is 39.6 Å². The van der Waals surface area contributed by atoms with Gasteiger partial charge >= 0.3 is 0 Å². The molecule has 9 heteroatoms. The summed E-state index contributed by atoms with van der Waals surface area (Å²) < 4.78 is 35.1. The number of hydrogen-bond acceptors (Lipinski definition) is 6. The lowest BCUT2D eigenvalue weighted by Gasteiger charge is -2.33. The molecule has 1 aliphatic rings. The van der Waals surface area contributed by atoms with Gasteiger partial charge in [0.05, 0.1) is 18.6 Å². The summed E-state index contributed by atoms with van der Waals surface area (Å²) >= 11 is 0. The van der Waals surface area contributed by atoms with Crippen molar-refractivity contribution >= 4 is 21.2 Å². The Morgan fingerprint density at radius 3 is 2.53 bits per heavy atom. The maximum absolute atomic E-state index is 13.1. The van der Waals surface area contributed by atoms with E-state index in [0.29, 0.717) is 38.5 Å². The zero-order valence-corrected chi connectivity index (χ0v) is 20.1. The van der Waals surface area contributed by atoms with Crippen LogP contribution in [-0.4, -0.2) is 65.4 Å². The molecule has 4 aromatic rings. The topological polar surface area (TPSA) is 80.6 Å². The third kappa shape index (κ3) is 4.29. The van der Waals surface area contributed by atoms with Crippen LogP contribution in [0.1, 0.15) is 11.4 Å². The van der Waals surface area contributed by atoms with Crippen molar-refractivity contribution in [2.75, 3.05) is 33.3 Å². The molecule has 1 saturated heterocycles. The minimum atomic E-state index is -3.57. The molecule has 0 N–H and O–H groups in total. The number of methoxy groups -OCH3 is 1. The number of fused-ring (bicyclic) bond motifs is 1. The lowest BCUT2D eigenvalue weighted by molar-refractivity contribution is 0.177. The molecule has 2 aromatic carbocycles. The van der Waals surface area contributed by atoms with Crippen LogP contribution in [0.4, 0.5) is 0 Å². The summed E-state index contributed by atoms with van der Waals surface area (Å²) in [5.41, 5.74) is 3.86. The van der Waals surface area contributed by atoms with Gasteiger partial charge in [-0.05, 0) is 48.9 Å². The number of ether oxygens (including phenoxy) is 1. The SMILES string of the molecule is COc1cccc(S(=O)(=O)N2CCN(Cc3nc4cccnc4n3-c3cccc(C)c3)CC2)c1. The summed E-state index contributed by atoms with van der Waals surface area (Å²) in [7, 11) is -2.04. The average Bonchev–Trinajstić information content (AvgIpc) is 3.22. The second kappa shape index (κ2) is 9.17. The van der Waals surface area contributed by atoms with Crippen LogP contribution in [0.3, 0.4) is 0 Å². The smallest absolute Gasteiger partial charge is 0.243 e. The predicted octanol–water partition coefficient (Wildman–Crippen LogP) is 3.24. The first-order valence-corrected chi connectivity index (χ1v) is 12.7. The van der Waals surface area contributed by atoms with Crippen molar-refractivity contribution in [1.82, 2.24) is 23.7 Å². The van der Waals surface area contributed by atoms with Crippen molar-refractivity contribution in [1.29, 1.82) is 0 Å². The average molecular weight is 478 g/mol. The number of nitrogens with zero attached hydrogens (tertiary/aromatic N) is 5. The van der Waals surface area contributed by atoms with Crippen molar-refractivity contribution in [3.05, 3.63) is 78.2 Å². The first-order chi connectivity index (χ1) is 16.5. The number of sulfonamides is 1. The summed E-state index contributed by atoms with van der Waals surface area (Å²) in [6.07, 6.45) is 1.78. The molecule has 34 heavy (non-hydrogen) atoms. The Balaban J connectivity index is 1.36. The molecule has 5 rings (SSSR count). The lowest BCUT2D eigenvalue weighted by atomic mass is 10.2. The van der Waals surface area contributed by atoms with E-state index < -0.39 is 10.0 Å². The van der Waals surface area contributed by atoms with Crippen LogP contribution >= 0.6 is 0 Å². The molecular formula is C25H27N5O3S. The fraction of sp³-hybridized carbons (Fsp3) is 0.280. The fourth-order valence-electron chi connectivity index (χ4n) is 4.34. The third-order valence-corrected chi connectivity index (χ3v) is 8.02. The van der Waals surface area contributed by atoms with E-state index in [9.17, 15) is 8.42 Å². The molecule has 1 aliphatic heterocycles. The van der Waals surface area contributed by atoms with E-state index in [1.807, 2.05) is 18.2 Å². The second-order valence-electron chi connectivity index (χ2n) is 8.41. The molecule has 2 aromatic heterocycles. The number of imidazole rings is 1. The van der Waals surface area contributed by atoms with Crippen LogP contribution < -0.4 is 4.74 Å². The number of aromatic nitrogens is 3. The Hall–Kier alpha value is -3.27. The summed E-state index contributed by atoms with van der Waals surface area (Å²) in [5, 5.41) is 0. The van der Waals surface area contributed by atoms with Crippen LogP contribution in [0, 0.1) is 6.92 Å². The van der Waals surface area contributed by atoms with Gasteiger partial charge in [0.2, 0.25) is 10.0 Å². The van der Waals surface area contributed by atoms with Crippen LogP contribution in [0.15, 0.2) is 71.8 Å². The Labute approximate surface area is 199 Å². The minimum absolute atomic E-state index is 0.257. The zero-order chi connectivity index (χ0) is 23.7. The van der Waals surface area contributed by atoms with Crippen molar-refractivity contribution in [2.24, 2.45) is 0 Å². The Morgan fingerprint density at radius 1 is 0.971 bits per heavy atom. The minimum Gasteiger partial charge on any atom is -0.497 e. The van der Waals surface area contributed by atoms with E-state index in [0.717, 1.165) is 28.2 Å². The van der Waals surface area contributed by atoms with Gasteiger partial charge in [0.15, 0.2) is 5.65 Å². The van der Waals surface area contributed by atoms with E-state index in [-0.39, 0.29) is 4.90 Å². The van der Waals surface area contributed by atoms with Crippen molar-refractivity contribution < 1.29 is 13.2 Å². The Kier molecular flexibility index (Phi) is 6.07. The monoisotopic (exact) mass is 477 g/mol. The molecule has 0 atom stereocenters. The highest BCUT2D eigenvalue weighted by atomic mass is 32.2. The summed E-state index contributed by atoms with van der Waals surface area (Å²) in [6.45, 7) is 4.75. The zero-order valence-electron chi connectivity index (χ0n) is 19.3. The summed E-state index contributed by atoms with van der Waals surface area (Å²) in [5.74, 6) is 1.42.